The fourth-order valence-electron chi connectivity index (χ4n) is 1.68. The van der Waals surface area contributed by atoms with Crippen LogP contribution in [0.3, 0.4) is 0 Å². The lowest BCUT2D eigenvalue weighted by Gasteiger charge is -2.10. The Morgan fingerprint density at radius 2 is 2.05 bits per heavy atom. The van der Waals surface area contributed by atoms with Crippen LogP contribution in [0.15, 0.2) is 36.4 Å². The molecule has 0 radical (unpaired) electrons. The zero-order chi connectivity index (χ0) is 14.7. The van der Waals surface area contributed by atoms with Gasteiger partial charge in [0.2, 0.25) is 0 Å². The normalized spacial score (nSPS) is 9.85. The number of halogens is 1. The van der Waals surface area contributed by atoms with E-state index >= 15 is 0 Å². The molecule has 0 heterocycles. The Bertz CT molecular complexity index is 720. The van der Waals surface area contributed by atoms with E-state index in [1.807, 2.05) is 6.07 Å². The molecule has 0 aliphatic heterocycles. The van der Waals surface area contributed by atoms with Crippen molar-refractivity contribution >= 4 is 17.6 Å². The van der Waals surface area contributed by atoms with E-state index < -0.39 is 5.97 Å². The number of carbonyl (C=O) groups is 1. The molecular weight excluding hydrogens is 278 g/mol. The lowest BCUT2D eigenvalue weighted by atomic mass is 10.1. The molecule has 20 heavy (non-hydrogen) atoms. The first-order chi connectivity index (χ1) is 9.51. The highest BCUT2D eigenvalue weighted by molar-refractivity contribution is 6.31. The zero-order valence-electron chi connectivity index (χ0n) is 10.6. The van der Waals surface area contributed by atoms with Crippen LogP contribution in [0.4, 0.5) is 0 Å². The summed E-state index contributed by atoms with van der Waals surface area (Å²) in [6.07, 6.45) is 0. The van der Waals surface area contributed by atoms with E-state index in [-0.39, 0.29) is 16.3 Å². The SMILES string of the molecule is Cc1ccc(Oc2ccc(C#N)c(Cl)c2)c(C(=O)O)c1. The first-order valence-corrected chi connectivity index (χ1v) is 6.10. The van der Waals surface area contributed by atoms with Crippen molar-refractivity contribution in [3.8, 4) is 17.6 Å². The van der Waals surface area contributed by atoms with Crippen molar-refractivity contribution in [3.63, 3.8) is 0 Å². The standard InChI is InChI=1S/C15H10ClNO3/c1-9-2-5-14(12(6-9)15(18)19)20-11-4-3-10(8-17)13(16)7-11/h2-7H,1H3,(H,18,19). The zero-order valence-corrected chi connectivity index (χ0v) is 11.3. The van der Waals surface area contributed by atoms with Crippen LogP contribution >= 0.6 is 11.6 Å². The maximum atomic E-state index is 11.2. The van der Waals surface area contributed by atoms with Gasteiger partial charge in [-0.05, 0) is 31.2 Å². The van der Waals surface area contributed by atoms with Crippen molar-refractivity contribution in [2.45, 2.75) is 6.92 Å². The highest BCUT2D eigenvalue weighted by atomic mass is 35.5. The third kappa shape index (κ3) is 2.90. The van der Waals surface area contributed by atoms with E-state index in [1.165, 1.54) is 18.2 Å². The number of aromatic carboxylic acids is 1. The van der Waals surface area contributed by atoms with E-state index in [0.717, 1.165) is 5.56 Å². The van der Waals surface area contributed by atoms with Crippen molar-refractivity contribution in [1.82, 2.24) is 0 Å². The molecule has 0 unspecified atom stereocenters. The van der Waals surface area contributed by atoms with E-state index in [2.05, 4.69) is 0 Å². The second-order valence-corrected chi connectivity index (χ2v) is 4.57. The monoisotopic (exact) mass is 287 g/mol. The van der Waals surface area contributed by atoms with Crippen LogP contribution in [0.1, 0.15) is 21.5 Å². The Balaban J connectivity index is 2.38. The molecule has 5 heteroatoms. The fraction of sp³-hybridized carbons (Fsp3) is 0.0667. The van der Waals surface area contributed by atoms with E-state index in [1.54, 1.807) is 25.1 Å². The third-order valence-electron chi connectivity index (χ3n) is 2.65. The largest absolute Gasteiger partial charge is 0.478 e. The Morgan fingerprint density at radius 3 is 2.65 bits per heavy atom. The molecule has 0 amide bonds. The Morgan fingerprint density at radius 1 is 1.30 bits per heavy atom. The average molecular weight is 288 g/mol. The van der Waals surface area contributed by atoms with E-state index in [4.69, 9.17) is 26.7 Å². The number of carboxylic acids is 1. The summed E-state index contributed by atoms with van der Waals surface area (Å²) in [6.45, 7) is 1.80. The Kier molecular flexibility index (Phi) is 3.92. The molecular formula is C15H10ClNO3. The van der Waals surface area contributed by atoms with Gasteiger partial charge in [-0.15, -0.1) is 0 Å². The second-order valence-electron chi connectivity index (χ2n) is 4.16. The number of ether oxygens (including phenoxy) is 1. The number of nitriles is 1. The summed E-state index contributed by atoms with van der Waals surface area (Å²) in [6, 6.07) is 11.4. The van der Waals surface area contributed by atoms with Crippen LogP contribution in [0.5, 0.6) is 11.5 Å². The predicted octanol–water partition coefficient (Wildman–Crippen LogP) is 4.01. The van der Waals surface area contributed by atoms with Crippen molar-refractivity contribution < 1.29 is 14.6 Å². The third-order valence-corrected chi connectivity index (χ3v) is 2.97. The molecule has 2 aromatic rings. The molecule has 0 aliphatic rings. The van der Waals surface area contributed by atoms with Gasteiger partial charge >= 0.3 is 5.97 Å². The van der Waals surface area contributed by atoms with Gasteiger partial charge in [-0.3, -0.25) is 0 Å². The maximum absolute atomic E-state index is 11.2. The first kappa shape index (κ1) is 13.9. The average Bonchev–Trinajstić information content (AvgIpc) is 2.41. The van der Waals surface area contributed by atoms with Crippen LogP contribution in [0.25, 0.3) is 0 Å². The molecule has 0 saturated heterocycles. The molecule has 4 nitrogen and oxygen atoms in total. The molecule has 2 rings (SSSR count). The molecule has 2 aromatic carbocycles. The van der Waals surface area contributed by atoms with Gasteiger partial charge in [0.05, 0.1) is 10.6 Å². The van der Waals surface area contributed by atoms with Crippen LogP contribution in [0.2, 0.25) is 5.02 Å². The summed E-state index contributed by atoms with van der Waals surface area (Å²) in [5.74, 6) is -0.465. The minimum Gasteiger partial charge on any atom is -0.478 e. The number of aryl methyl sites for hydroxylation is 1. The molecule has 1 N–H and O–H groups in total. The Hall–Kier alpha value is -2.51. The second kappa shape index (κ2) is 5.64. The summed E-state index contributed by atoms with van der Waals surface area (Å²) in [4.78, 5) is 11.2. The van der Waals surface area contributed by atoms with Gasteiger partial charge in [0.25, 0.3) is 0 Å². The quantitative estimate of drug-likeness (QED) is 0.926. The van der Waals surface area contributed by atoms with Crippen molar-refractivity contribution in [3.05, 3.63) is 58.1 Å². The van der Waals surface area contributed by atoms with Crippen molar-refractivity contribution in [1.29, 1.82) is 5.26 Å². The van der Waals surface area contributed by atoms with Gasteiger partial charge in [-0.2, -0.15) is 5.26 Å². The fourth-order valence-corrected chi connectivity index (χ4v) is 1.89. The highest BCUT2D eigenvalue weighted by Crippen LogP contribution is 2.29. The molecule has 0 atom stereocenters. The van der Waals surface area contributed by atoms with Crippen LogP contribution < -0.4 is 4.74 Å². The summed E-state index contributed by atoms with van der Waals surface area (Å²) >= 11 is 5.90. The summed E-state index contributed by atoms with van der Waals surface area (Å²) < 4.78 is 5.53. The lowest BCUT2D eigenvalue weighted by molar-refractivity contribution is 0.0694. The lowest BCUT2D eigenvalue weighted by Crippen LogP contribution is -2.00. The van der Waals surface area contributed by atoms with Crippen LogP contribution in [0, 0.1) is 18.3 Å². The summed E-state index contributed by atoms with van der Waals surface area (Å²) in [5, 5.41) is 18.2. The number of carboxylic acid groups (broad SMARTS) is 1. The minimum absolute atomic E-state index is 0.0745. The molecule has 0 aliphatic carbocycles. The van der Waals surface area contributed by atoms with Gasteiger partial charge in [0, 0.05) is 6.07 Å². The van der Waals surface area contributed by atoms with Gasteiger partial charge in [0.1, 0.15) is 23.1 Å². The van der Waals surface area contributed by atoms with Gasteiger partial charge < -0.3 is 9.84 Å². The van der Waals surface area contributed by atoms with Crippen molar-refractivity contribution in [2.75, 3.05) is 0 Å². The van der Waals surface area contributed by atoms with Gasteiger partial charge in [-0.25, -0.2) is 4.79 Å². The highest BCUT2D eigenvalue weighted by Gasteiger charge is 2.13. The number of hydrogen-bond acceptors (Lipinski definition) is 3. The molecule has 0 fully saturated rings. The molecule has 0 bridgehead atoms. The summed E-state index contributed by atoms with van der Waals surface area (Å²) in [5.41, 5.74) is 1.24. The minimum atomic E-state index is -1.07. The van der Waals surface area contributed by atoms with E-state index in [9.17, 15) is 4.79 Å². The van der Waals surface area contributed by atoms with E-state index in [0.29, 0.717) is 11.3 Å². The summed E-state index contributed by atoms with van der Waals surface area (Å²) in [7, 11) is 0. The van der Waals surface area contributed by atoms with Crippen molar-refractivity contribution in [2.24, 2.45) is 0 Å². The van der Waals surface area contributed by atoms with Gasteiger partial charge in [-0.1, -0.05) is 23.2 Å². The number of benzene rings is 2. The Labute approximate surface area is 120 Å². The van der Waals surface area contributed by atoms with Gasteiger partial charge in [0.15, 0.2) is 0 Å². The number of nitrogens with zero attached hydrogens (tertiary/aromatic N) is 1. The number of rotatable bonds is 3. The van der Waals surface area contributed by atoms with Crippen LogP contribution in [-0.2, 0) is 0 Å². The number of hydrogen-bond donors (Lipinski definition) is 1. The topological polar surface area (TPSA) is 70.3 Å². The molecule has 100 valence electrons. The molecule has 0 spiro atoms. The van der Waals surface area contributed by atoms with Crippen LogP contribution in [-0.4, -0.2) is 11.1 Å². The first-order valence-electron chi connectivity index (χ1n) is 5.72. The maximum Gasteiger partial charge on any atom is 0.339 e. The predicted molar refractivity (Wildman–Crippen MR) is 74.4 cm³/mol. The smallest absolute Gasteiger partial charge is 0.339 e. The molecule has 0 saturated carbocycles. The molecule has 0 aromatic heterocycles.